The molecule has 4 nitrogen and oxygen atoms in total. The fraction of sp³-hybridized carbons (Fsp3) is 0.250. The van der Waals surface area contributed by atoms with Gasteiger partial charge in [0.15, 0.2) is 0 Å². The molecule has 0 atom stereocenters. The quantitative estimate of drug-likeness (QED) is 0.576. The molecule has 1 aromatic heterocycles. The molecule has 23 heavy (non-hydrogen) atoms. The number of benzene rings is 1. The Morgan fingerprint density at radius 2 is 1.52 bits per heavy atom. The number of hydrogen-bond acceptors (Lipinski definition) is 3. The summed E-state index contributed by atoms with van der Waals surface area (Å²) in [4.78, 5) is 0. The third kappa shape index (κ3) is 3.68. The fourth-order valence-corrected chi connectivity index (χ4v) is 2.06. The first-order valence-electron chi connectivity index (χ1n) is 6.77. The van der Waals surface area contributed by atoms with Gasteiger partial charge in [-0.3, -0.25) is 15.4 Å². The molecule has 0 bridgehead atoms. The maximum Gasteiger partial charge on any atom is 0.449 e. The summed E-state index contributed by atoms with van der Waals surface area (Å²) in [5.41, 5.74) is 0.305. The van der Waals surface area contributed by atoms with Crippen LogP contribution < -0.4 is 5.49 Å². The van der Waals surface area contributed by atoms with Gasteiger partial charge in [-0.05, 0) is 42.7 Å². The van der Waals surface area contributed by atoms with E-state index in [9.17, 15) is 18.3 Å². The van der Waals surface area contributed by atoms with Crippen molar-refractivity contribution in [2.24, 2.45) is 0 Å². The van der Waals surface area contributed by atoms with Gasteiger partial charge in [0, 0.05) is 6.20 Å². The molecule has 0 aliphatic rings. The van der Waals surface area contributed by atoms with Crippen molar-refractivity contribution >= 4 is 5.84 Å². The minimum absolute atomic E-state index is 0.427. The highest BCUT2D eigenvalue weighted by atomic mass is 19.4. The van der Waals surface area contributed by atoms with Crippen LogP contribution in [0.25, 0.3) is 11.1 Å². The Labute approximate surface area is 130 Å². The van der Waals surface area contributed by atoms with Crippen LogP contribution in [0.15, 0.2) is 42.6 Å². The lowest BCUT2D eigenvalue weighted by Crippen LogP contribution is -2.36. The van der Waals surface area contributed by atoms with Crippen LogP contribution in [0, 0.1) is 10.8 Å². The van der Waals surface area contributed by atoms with Gasteiger partial charge in [-0.2, -0.15) is 13.2 Å². The lowest BCUT2D eigenvalue weighted by Gasteiger charge is -2.18. The molecule has 1 aromatic carbocycles. The van der Waals surface area contributed by atoms with Gasteiger partial charge >= 0.3 is 6.18 Å². The zero-order chi connectivity index (χ0) is 17.4. The number of alkyl halides is 3. The summed E-state index contributed by atoms with van der Waals surface area (Å²) in [6, 6.07) is 9.44. The van der Waals surface area contributed by atoms with Gasteiger partial charge in [-0.1, -0.05) is 24.3 Å². The lowest BCUT2D eigenvalue weighted by molar-refractivity contribution is -0.0626. The van der Waals surface area contributed by atoms with Crippen LogP contribution in [0.5, 0.6) is 0 Å². The Bertz CT molecular complexity index is 784. The first-order chi connectivity index (χ1) is 10.5. The smallest absolute Gasteiger partial charge is 0.386 e. The highest BCUT2D eigenvalue weighted by Gasteiger charge is 2.36. The largest absolute Gasteiger partial charge is 0.449 e. The monoisotopic (exact) mass is 323 g/mol. The number of aromatic nitrogens is 1. The Balaban J connectivity index is 2.46. The van der Waals surface area contributed by atoms with E-state index < -0.39 is 23.1 Å². The predicted octanol–water partition coefficient (Wildman–Crippen LogP) is 3.25. The number of nitrogens with zero attached hydrogens (tertiary/aromatic N) is 1. The van der Waals surface area contributed by atoms with Gasteiger partial charge in [0.05, 0.1) is 5.60 Å². The average molecular weight is 323 g/mol. The second kappa shape index (κ2) is 5.66. The van der Waals surface area contributed by atoms with Crippen LogP contribution >= 0.6 is 0 Å². The molecule has 0 aliphatic carbocycles. The fourth-order valence-electron chi connectivity index (χ4n) is 2.06. The summed E-state index contributed by atoms with van der Waals surface area (Å²) < 4.78 is 38.5. The number of halogens is 3. The molecule has 2 aromatic rings. The average Bonchev–Trinajstić information content (AvgIpc) is 2.45. The Hall–Kier alpha value is -2.41. The zero-order valence-electron chi connectivity index (χ0n) is 12.6. The van der Waals surface area contributed by atoms with Crippen molar-refractivity contribution in [2.45, 2.75) is 25.6 Å². The van der Waals surface area contributed by atoms with E-state index in [1.165, 1.54) is 12.1 Å². The zero-order valence-corrected chi connectivity index (χ0v) is 12.6. The molecule has 0 unspecified atom stereocenters. The normalized spacial score (nSPS) is 12.3. The van der Waals surface area contributed by atoms with E-state index in [1.807, 2.05) is 0 Å². The minimum atomic E-state index is -4.83. The molecule has 0 saturated heterocycles. The molecule has 0 amide bonds. The SMILES string of the molecule is CC(C)(O)c1ccc(-c2ccc(=N)n(C(=N)C(F)(F)F)c2)cc1. The highest BCUT2D eigenvalue weighted by molar-refractivity contribution is 5.87. The minimum Gasteiger partial charge on any atom is -0.386 e. The van der Waals surface area contributed by atoms with Crippen LogP contribution in [0.2, 0.25) is 0 Å². The predicted molar refractivity (Wildman–Crippen MR) is 80.1 cm³/mol. The lowest BCUT2D eigenvalue weighted by atomic mass is 9.96. The number of aliphatic hydroxyl groups is 1. The molecular formula is C16H16F3N3O. The van der Waals surface area contributed by atoms with Crippen molar-refractivity contribution in [3.05, 3.63) is 53.6 Å². The van der Waals surface area contributed by atoms with Crippen LogP contribution in [0.4, 0.5) is 13.2 Å². The Morgan fingerprint density at radius 1 is 1.00 bits per heavy atom. The molecule has 0 fully saturated rings. The van der Waals surface area contributed by atoms with E-state index in [-0.39, 0.29) is 0 Å². The first-order valence-corrected chi connectivity index (χ1v) is 6.77. The van der Waals surface area contributed by atoms with Crippen molar-refractivity contribution < 1.29 is 18.3 Å². The van der Waals surface area contributed by atoms with Gasteiger partial charge in [-0.25, -0.2) is 0 Å². The molecule has 0 radical (unpaired) electrons. The van der Waals surface area contributed by atoms with Gasteiger partial charge < -0.3 is 5.11 Å². The molecule has 0 spiro atoms. The van der Waals surface area contributed by atoms with Crippen LogP contribution in [-0.2, 0) is 5.60 Å². The number of pyridine rings is 1. The van der Waals surface area contributed by atoms with Gasteiger partial charge in [0.2, 0.25) is 5.84 Å². The topological polar surface area (TPSA) is 72.9 Å². The maximum absolute atomic E-state index is 12.7. The Kier molecular flexibility index (Phi) is 4.17. The molecule has 0 saturated carbocycles. The summed E-state index contributed by atoms with van der Waals surface area (Å²) in [5, 5.41) is 24.6. The number of nitrogens with one attached hydrogen (secondary N) is 2. The first kappa shape index (κ1) is 17.0. The molecular weight excluding hydrogens is 307 g/mol. The van der Waals surface area contributed by atoms with Crippen LogP contribution in [-0.4, -0.2) is 21.7 Å². The highest BCUT2D eigenvalue weighted by Crippen LogP contribution is 2.25. The van der Waals surface area contributed by atoms with E-state index in [2.05, 4.69) is 0 Å². The summed E-state index contributed by atoms with van der Waals surface area (Å²) in [6.45, 7) is 3.27. The molecule has 2 rings (SSSR count). The van der Waals surface area contributed by atoms with Gasteiger partial charge in [0.1, 0.15) is 5.49 Å². The Morgan fingerprint density at radius 3 is 2.00 bits per heavy atom. The second-order valence-electron chi connectivity index (χ2n) is 5.66. The van der Waals surface area contributed by atoms with Crippen molar-refractivity contribution in [1.29, 1.82) is 10.8 Å². The number of rotatable bonds is 2. The summed E-state index contributed by atoms with van der Waals surface area (Å²) in [7, 11) is 0. The molecule has 0 aliphatic heterocycles. The van der Waals surface area contributed by atoms with Gasteiger partial charge in [-0.15, -0.1) is 0 Å². The molecule has 1 heterocycles. The van der Waals surface area contributed by atoms with Crippen LogP contribution in [0.1, 0.15) is 19.4 Å². The number of hydrogen-bond donors (Lipinski definition) is 3. The third-order valence-electron chi connectivity index (χ3n) is 3.38. The summed E-state index contributed by atoms with van der Waals surface area (Å²) >= 11 is 0. The second-order valence-corrected chi connectivity index (χ2v) is 5.66. The van der Waals surface area contributed by atoms with E-state index in [4.69, 9.17) is 10.8 Å². The van der Waals surface area contributed by atoms with Gasteiger partial charge in [0.25, 0.3) is 0 Å². The van der Waals surface area contributed by atoms with E-state index in [0.29, 0.717) is 21.3 Å². The van der Waals surface area contributed by atoms with E-state index >= 15 is 0 Å². The molecule has 122 valence electrons. The van der Waals surface area contributed by atoms with E-state index in [1.54, 1.807) is 38.1 Å². The summed E-state index contributed by atoms with van der Waals surface area (Å²) in [6.07, 6.45) is -3.72. The van der Waals surface area contributed by atoms with Crippen molar-refractivity contribution in [3.8, 4) is 11.1 Å². The standard InChI is InChI=1S/C16H16F3N3O/c1-15(2,23)12-6-3-10(4-7-12)11-5-8-13(20)22(9-11)14(21)16(17,18)19/h3-9,20-21,23H,1-2H3. The van der Waals surface area contributed by atoms with E-state index in [0.717, 1.165) is 6.20 Å². The van der Waals surface area contributed by atoms with Crippen LogP contribution in [0.3, 0.4) is 0 Å². The summed E-state index contributed by atoms with van der Waals surface area (Å²) in [5.74, 6) is -1.61. The molecule has 3 N–H and O–H groups in total. The van der Waals surface area contributed by atoms with Crippen molar-refractivity contribution in [2.75, 3.05) is 0 Å². The third-order valence-corrected chi connectivity index (χ3v) is 3.38. The van der Waals surface area contributed by atoms with Crippen molar-refractivity contribution in [3.63, 3.8) is 0 Å². The van der Waals surface area contributed by atoms with Crippen molar-refractivity contribution in [1.82, 2.24) is 4.57 Å². The molecule has 7 heteroatoms. The maximum atomic E-state index is 12.7.